The Kier molecular flexibility index (Phi) is 6.47. The Morgan fingerprint density at radius 1 is 0.938 bits per heavy atom. The SMILES string of the molecule is CCCCCCCCOc1ccc([NH-])cc1. The van der Waals surface area contributed by atoms with Crippen LogP contribution in [0.4, 0.5) is 5.69 Å². The molecule has 0 aliphatic rings. The molecular formula is C14H22NO-. The van der Waals surface area contributed by atoms with E-state index in [1.807, 2.05) is 12.1 Å². The van der Waals surface area contributed by atoms with Crippen LogP contribution in [0, 0.1) is 0 Å². The van der Waals surface area contributed by atoms with Crippen LogP contribution in [0.25, 0.3) is 5.73 Å². The lowest BCUT2D eigenvalue weighted by atomic mass is 10.1. The number of hydrogen-bond donors (Lipinski definition) is 0. The molecule has 0 saturated heterocycles. The van der Waals surface area contributed by atoms with E-state index in [4.69, 9.17) is 10.5 Å². The maximum atomic E-state index is 7.34. The van der Waals surface area contributed by atoms with E-state index in [0.717, 1.165) is 18.8 Å². The first-order chi connectivity index (χ1) is 7.83. The highest BCUT2D eigenvalue weighted by Gasteiger charge is 1.93. The predicted molar refractivity (Wildman–Crippen MR) is 69.3 cm³/mol. The summed E-state index contributed by atoms with van der Waals surface area (Å²) in [5.74, 6) is 0.879. The predicted octanol–water partition coefficient (Wildman–Crippen LogP) is 5.11. The van der Waals surface area contributed by atoms with Crippen LogP contribution in [-0.4, -0.2) is 6.61 Å². The van der Waals surface area contributed by atoms with Crippen molar-refractivity contribution in [3.05, 3.63) is 30.0 Å². The van der Waals surface area contributed by atoms with Crippen molar-refractivity contribution in [2.75, 3.05) is 6.61 Å². The molecule has 0 radical (unpaired) electrons. The third kappa shape index (κ3) is 5.64. The van der Waals surface area contributed by atoms with Crippen molar-refractivity contribution in [2.24, 2.45) is 0 Å². The van der Waals surface area contributed by atoms with Crippen molar-refractivity contribution >= 4 is 5.69 Å². The van der Waals surface area contributed by atoms with Crippen molar-refractivity contribution in [1.29, 1.82) is 0 Å². The van der Waals surface area contributed by atoms with Gasteiger partial charge in [-0.3, -0.25) is 0 Å². The van der Waals surface area contributed by atoms with Crippen LogP contribution in [0.15, 0.2) is 24.3 Å². The van der Waals surface area contributed by atoms with Crippen LogP contribution in [0.2, 0.25) is 0 Å². The molecule has 1 rings (SSSR count). The molecular weight excluding hydrogens is 198 g/mol. The Labute approximate surface area is 98.8 Å². The smallest absolute Gasteiger partial charge is 0.119 e. The lowest BCUT2D eigenvalue weighted by Crippen LogP contribution is -1.96. The highest BCUT2D eigenvalue weighted by Crippen LogP contribution is 2.17. The van der Waals surface area contributed by atoms with Gasteiger partial charge in [0, 0.05) is 0 Å². The number of benzene rings is 1. The molecule has 2 nitrogen and oxygen atoms in total. The molecule has 0 heterocycles. The van der Waals surface area contributed by atoms with Gasteiger partial charge in [0.15, 0.2) is 0 Å². The van der Waals surface area contributed by atoms with Crippen molar-refractivity contribution in [2.45, 2.75) is 45.4 Å². The van der Waals surface area contributed by atoms with Gasteiger partial charge >= 0.3 is 0 Å². The summed E-state index contributed by atoms with van der Waals surface area (Å²) in [5, 5.41) is 0. The second-order valence-corrected chi connectivity index (χ2v) is 4.14. The highest BCUT2D eigenvalue weighted by molar-refractivity contribution is 5.45. The van der Waals surface area contributed by atoms with Gasteiger partial charge in [-0.1, -0.05) is 51.2 Å². The summed E-state index contributed by atoms with van der Waals surface area (Å²) in [7, 11) is 0. The van der Waals surface area contributed by atoms with Gasteiger partial charge in [0.25, 0.3) is 0 Å². The van der Waals surface area contributed by atoms with Crippen molar-refractivity contribution in [1.82, 2.24) is 0 Å². The van der Waals surface area contributed by atoms with E-state index in [9.17, 15) is 0 Å². The lowest BCUT2D eigenvalue weighted by Gasteiger charge is -2.08. The second-order valence-electron chi connectivity index (χ2n) is 4.14. The number of ether oxygens (including phenoxy) is 1. The van der Waals surface area contributed by atoms with Crippen LogP contribution >= 0.6 is 0 Å². The average molecular weight is 220 g/mol. The summed E-state index contributed by atoms with van der Waals surface area (Å²) in [4.78, 5) is 0. The molecule has 0 spiro atoms. The van der Waals surface area contributed by atoms with E-state index in [1.165, 1.54) is 32.1 Å². The van der Waals surface area contributed by atoms with Crippen molar-refractivity contribution in [3.8, 4) is 5.75 Å². The van der Waals surface area contributed by atoms with Crippen molar-refractivity contribution in [3.63, 3.8) is 0 Å². The summed E-state index contributed by atoms with van der Waals surface area (Å²) < 4.78 is 5.58. The topological polar surface area (TPSA) is 33.0 Å². The normalized spacial score (nSPS) is 10.3. The molecule has 0 fully saturated rings. The molecule has 0 amide bonds. The quantitative estimate of drug-likeness (QED) is 0.560. The van der Waals surface area contributed by atoms with Gasteiger partial charge in [0.2, 0.25) is 0 Å². The molecule has 0 unspecified atom stereocenters. The van der Waals surface area contributed by atoms with Gasteiger partial charge in [-0.15, -0.1) is 5.69 Å². The van der Waals surface area contributed by atoms with Crippen LogP contribution in [0.1, 0.15) is 45.4 Å². The van der Waals surface area contributed by atoms with Gasteiger partial charge in [-0.2, -0.15) is 0 Å². The fourth-order valence-electron chi connectivity index (χ4n) is 1.62. The minimum atomic E-state index is 0.534. The fourth-order valence-corrected chi connectivity index (χ4v) is 1.62. The summed E-state index contributed by atoms with van der Waals surface area (Å²) in [6.07, 6.45) is 7.72. The second kappa shape index (κ2) is 8.03. The highest BCUT2D eigenvalue weighted by atomic mass is 16.5. The molecule has 0 aliphatic carbocycles. The third-order valence-electron chi connectivity index (χ3n) is 2.62. The first-order valence-electron chi connectivity index (χ1n) is 6.27. The van der Waals surface area contributed by atoms with Gasteiger partial charge in [0.05, 0.1) is 6.61 Å². The standard InChI is InChI=1S/C14H22NO/c1-2-3-4-5-6-7-12-16-14-10-8-13(15)9-11-14/h8-11,15H,2-7,12H2,1H3/q-1. The van der Waals surface area contributed by atoms with E-state index in [2.05, 4.69) is 6.92 Å². The monoisotopic (exact) mass is 220 g/mol. The minimum Gasteiger partial charge on any atom is -0.699 e. The molecule has 0 bridgehead atoms. The van der Waals surface area contributed by atoms with Gasteiger partial charge in [-0.05, 0) is 18.6 Å². The first-order valence-corrected chi connectivity index (χ1v) is 6.27. The number of rotatable bonds is 8. The van der Waals surface area contributed by atoms with Crippen LogP contribution in [-0.2, 0) is 0 Å². The number of unbranched alkanes of at least 4 members (excludes halogenated alkanes) is 5. The maximum absolute atomic E-state index is 7.34. The Morgan fingerprint density at radius 3 is 2.25 bits per heavy atom. The molecule has 1 aromatic rings. The fraction of sp³-hybridized carbons (Fsp3) is 0.571. The molecule has 0 atom stereocenters. The van der Waals surface area contributed by atoms with Gasteiger partial charge < -0.3 is 10.5 Å². The Balaban J connectivity index is 2.01. The van der Waals surface area contributed by atoms with E-state index in [1.54, 1.807) is 12.1 Å². The number of hydrogen-bond acceptors (Lipinski definition) is 1. The van der Waals surface area contributed by atoms with Crippen LogP contribution in [0.3, 0.4) is 0 Å². The third-order valence-corrected chi connectivity index (χ3v) is 2.62. The first kappa shape index (κ1) is 12.9. The molecule has 0 saturated carbocycles. The zero-order valence-corrected chi connectivity index (χ0v) is 10.2. The Hall–Kier alpha value is -1.18. The molecule has 90 valence electrons. The molecule has 2 heteroatoms. The van der Waals surface area contributed by atoms with Crippen LogP contribution in [0.5, 0.6) is 5.75 Å². The molecule has 0 aromatic heterocycles. The van der Waals surface area contributed by atoms with Crippen molar-refractivity contribution < 1.29 is 4.74 Å². The van der Waals surface area contributed by atoms with E-state index >= 15 is 0 Å². The van der Waals surface area contributed by atoms with E-state index in [-0.39, 0.29) is 0 Å². The summed E-state index contributed by atoms with van der Waals surface area (Å²) >= 11 is 0. The molecule has 0 aliphatic heterocycles. The Morgan fingerprint density at radius 2 is 1.56 bits per heavy atom. The van der Waals surface area contributed by atoms with Crippen LogP contribution < -0.4 is 4.74 Å². The summed E-state index contributed by atoms with van der Waals surface area (Å²) in [6.45, 7) is 3.03. The van der Waals surface area contributed by atoms with Gasteiger partial charge in [-0.25, -0.2) is 0 Å². The number of nitrogens with one attached hydrogen (secondary N) is 1. The Bertz CT molecular complexity index is 269. The molecule has 1 aromatic carbocycles. The molecule has 16 heavy (non-hydrogen) atoms. The average Bonchev–Trinajstić information content (AvgIpc) is 2.30. The maximum Gasteiger partial charge on any atom is 0.119 e. The zero-order chi connectivity index (χ0) is 11.6. The lowest BCUT2D eigenvalue weighted by molar-refractivity contribution is 0.304. The summed E-state index contributed by atoms with van der Waals surface area (Å²) in [5.41, 5.74) is 7.88. The largest absolute Gasteiger partial charge is 0.699 e. The summed E-state index contributed by atoms with van der Waals surface area (Å²) in [6, 6.07) is 7.24. The van der Waals surface area contributed by atoms with Gasteiger partial charge in [0.1, 0.15) is 5.75 Å². The zero-order valence-electron chi connectivity index (χ0n) is 10.2. The minimum absolute atomic E-state index is 0.534. The van der Waals surface area contributed by atoms with E-state index in [0.29, 0.717) is 5.69 Å². The molecule has 1 N–H and O–H groups in total. The van der Waals surface area contributed by atoms with E-state index < -0.39 is 0 Å².